The number of alkyl halides is 1. The van der Waals surface area contributed by atoms with Gasteiger partial charge in [0.15, 0.2) is 0 Å². The second kappa shape index (κ2) is 3.60. The fraction of sp³-hybridized carbons (Fsp3) is 0.600. The monoisotopic (exact) mass is 280 g/mol. The molecule has 1 fully saturated rings. The van der Waals surface area contributed by atoms with Crippen LogP contribution in [0.5, 0.6) is 0 Å². The van der Waals surface area contributed by atoms with Crippen LogP contribution < -0.4 is 0 Å². The zero-order chi connectivity index (χ0) is 12.1. The highest BCUT2D eigenvalue weighted by atomic mass is 79.9. The van der Waals surface area contributed by atoms with Crippen molar-refractivity contribution in [1.29, 1.82) is 0 Å². The molecule has 1 aromatic carbocycles. The molecule has 1 saturated carbocycles. The molecule has 0 heterocycles. The van der Waals surface area contributed by atoms with Crippen LogP contribution in [-0.2, 0) is 0 Å². The largest absolute Gasteiger partial charge is 0.0835 e. The summed E-state index contributed by atoms with van der Waals surface area (Å²) in [4.78, 5) is 0.484. The molecule has 0 nitrogen and oxygen atoms in total. The highest BCUT2D eigenvalue weighted by Crippen LogP contribution is 2.73. The molecular weight excluding hydrogens is 260 g/mol. The second-order valence-electron chi connectivity index (χ2n) is 6.23. The van der Waals surface area contributed by atoms with E-state index >= 15 is 0 Å². The Labute approximate surface area is 108 Å². The molecule has 1 aliphatic carbocycles. The molecule has 0 aliphatic heterocycles. The Kier molecular flexibility index (Phi) is 2.73. The molecule has 0 radical (unpaired) electrons. The van der Waals surface area contributed by atoms with Crippen LogP contribution in [0.25, 0.3) is 0 Å². The van der Waals surface area contributed by atoms with Gasteiger partial charge in [-0.1, -0.05) is 73.5 Å². The maximum absolute atomic E-state index is 3.89. The topological polar surface area (TPSA) is 0 Å². The van der Waals surface area contributed by atoms with E-state index in [0.717, 1.165) is 5.92 Å². The molecule has 1 atom stereocenters. The van der Waals surface area contributed by atoms with Gasteiger partial charge < -0.3 is 0 Å². The van der Waals surface area contributed by atoms with Gasteiger partial charge in [-0.3, -0.25) is 0 Å². The van der Waals surface area contributed by atoms with Crippen molar-refractivity contribution in [2.75, 3.05) is 0 Å². The van der Waals surface area contributed by atoms with Crippen LogP contribution in [0, 0.1) is 23.7 Å². The fourth-order valence-corrected chi connectivity index (χ4v) is 4.55. The van der Waals surface area contributed by atoms with Crippen molar-refractivity contribution in [3.8, 4) is 0 Å². The zero-order valence-electron chi connectivity index (χ0n) is 10.8. The van der Waals surface area contributed by atoms with Crippen LogP contribution in [0.4, 0.5) is 0 Å². The Balaban J connectivity index is 2.22. The molecule has 0 N–H and O–H groups in total. The van der Waals surface area contributed by atoms with E-state index < -0.39 is 0 Å². The first-order chi connectivity index (χ1) is 7.28. The Morgan fingerprint density at radius 3 is 1.81 bits per heavy atom. The normalized spacial score (nSPS) is 24.1. The van der Waals surface area contributed by atoms with Gasteiger partial charge >= 0.3 is 0 Å². The summed E-state index contributed by atoms with van der Waals surface area (Å²) >= 11 is 3.89. The Morgan fingerprint density at radius 2 is 1.44 bits per heavy atom. The minimum Gasteiger partial charge on any atom is -0.0835 e. The average molecular weight is 281 g/mol. The van der Waals surface area contributed by atoms with Gasteiger partial charge in [0.25, 0.3) is 0 Å². The zero-order valence-corrected chi connectivity index (χ0v) is 12.4. The lowest BCUT2D eigenvalue weighted by Crippen LogP contribution is -1.99. The summed E-state index contributed by atoms with van der Waals surface area (Å²) < 4.78 is 0. The van der Waals surface area contributed by atoms with Gasteiger partial charge in [0.1, 0.15) is 0 Å². The summed E-state index contributed by atoms with van der Waals surface area (Å²) in [7, 11) is 0. The van der Waals surface area contributed by atoms with Gasteiger partial charge in [0.2, 0.25) is 0 Å². The summed E-state index contributed by atoms with van der Waals surface area (Å²) in [5, 5.41) is 0. The van der Waals surface area contributed by atoms with Crippen LogP contribution in [0.15, 0.2) is 24.3 Å². The van der Waals surface area contributed by atoms with E-state index in [4.69, 9.17) is 0 Å². The highest BCUT2D eigenvalue weighted by molar-refractivity contribution is 9.09. The molecule has 16 heavy (non-hydrogen) atoms. The fourth-order valence-electron chi connectivity index (χ4n) is 2.92. The quantitative estimate of drug-likeness (QED) is 0.660. The first kappa shape index (κ1) is 12.2. The second-order valence-corrected chi connectivity index (χ2v) is 7.22. The van der Waals surface area contributed by atoms with E-state index in [0.29, 0.717) is 15.7 Å². The summed E-state index contributed by atoms with van der Waals surface area (Å²) in [6, 6.07) is 8.90. The molecular formula is C15H21Br. The number of aryl methyl sites for hydroxylation is 1. The molecule has 0 amide bonds. The lowest BCUT2D eigenvalue weighted by Gasteiger charge is -2.12. The number of hydrogen-bond acceptors (Lipinski definition) is 0. The van der Waals surface area contributed by atoms with Crippen LogP contribution in [0.3, 0.4) is 0 Å². The first-order valence-electron chi connectivity index (χ1n) is 5.99. The molecule has 2 rings (SSSR count). The molecule has 1 aliphatic rings. The Hall–Kier alpha value is -0.300. The van der Waals surface area contributed by atoms with Gasteiger partial charge in [-0.2, -0.15) is 0 Å². The van der Waals surface area contributed by atoms with Crippen molar-refractivity contribution in [1.82, 2.24) is 0 Å². The third-order valence-electron chi connectivity index (χ3n) is 4.82. The standard InChI is InChI=1S/C15H21Br/c1-10-6-8-11(9-7-10)12(16)13-14(2,3)15(13,4)5/h6-9,12-13H,1-5H3. The predicted molar refractivity (Wildman–Crippen MR) is 73.9 cm³/mol. The van der Waals surface area contributed by atoms with Gasteiger partial charge in [-0.25, -0.2) is 0 Å². The lowest BCUT2D eigenvalue weighted by atomic mass is 10.0. The van der Waals surface area contributed by atoms with Crippen molar-refractivity contribution < 1.29 is 0 Å². The van der Waals surface area contributed by atoms with Gasteiger partial charge in [0, 0.05) is 4.83 Å². The van der Waals surface area contributed by atoms with E-state index in [1.54, 1.807) is 0 Å². The number of hydrogen-bond donors (Lipinski definition) is 0. The summed E-state index contributed by atoms with van der Waals surface area (Å²) in [5.41, 5.74) is 3.62. The summed E-state index contributed by atoms with van der Waals surface area (Å²) in [6.45, 7) is 11.6. The molecule has 88 valence electrons. The maximum Gasteiger partial charge on any atom is 0.0434 e. The van der Waals surface area contributed by atoms with E-state index in [1.165, 1.54) is 11.1 Å². The van der Waals surface area contributed by atoms with Crippen LogP contribution >= 0.6 is 15.9 Å². The molecule has 0 saturated heterocycles. The highest BCUT2D eigenvalue weighted by Gasteiger charge is 2.66. The lowest BCUT2D eigenvalue weighted by molar-refractivity contribution is 0.457. The molecule has 0 aromatic heterocycles. The molecule has 1 unspecified atom stereocenters. The average Bonchev–Trinajstić information content (AvgIpc) is 2.57. The van der Waals surface area contributed by atoms with Crippen molar-refractivity contribution >= 4 is 15.9 Å². The van der Waals surface area contributed by atoms with E-state index in [-0.39, 0.29) is 0 Å². The minimum absolute atomic E-state index is 0.437. The molecule has 1 aromatic rings. The Morgan fingerprint density at radius 1 is 1.00 bits per heavy atom. The van der Waals surface area contributed by atoms with Crippen molar-refractivity contribution in [2.24, 2.45) is 16.7 Å². The summed E-state index contributed by atoms with van der Waals surface area (Å²) in [6.07, 6.45) is 0. The minimum atomic E-state index is 0.437. The third kappa shape index (κ3) is 1.64. The van der Waals surface area contributed by atoms with E-state index in [2.05, 4.69) is 74.8 Å². The molecule has 0 bridgehead atoms. The number of halogens is 1. The van der Waals surface area contributed by atoms with Crippen LogP contribution in [-0.4, -0.2) is 0 Å². The van der Waals surface area contributed by atoms with Crippen molar-refractivity contribution in [3.05, 3.63) is 35.4 Å². The first-order valence-corrected chi connectivity index (χ1v) is 6.90. The van der Waals surface area contributed by atoms with Gasteiger partial charge in [0.05, 0.1) is 0 Å². The van der Waals surface area contributed by atoms with Crippen LogP contribution in [0.2, 0.25) is 0 Å². The summed E-state index contributed by atoms with van der Waals surface area (Å²) in [5.74, 6) is 0.725. The number of benzene rings is 1. The number of rotatable bonds is 2. The maximum atomic E-state index is 3.89. The SMILES string of the molecule is Cc1ccc(C(Br)C2C(C)(C)C2(C)C)cc1. The molecule has 1 heteroatoms. The van der Waals surface area contributed by atoms with Gasteiger partial charge in [-0.15, -0.1) is 0 Å². The smallest absolute Gasteiger partial charge is 0.0434 e. The predicted octanol–water partition coefficient (Wildman–Crippen LogP) is 5.11. The van der Waals surface area contributed by atoms with E-state index in [9.17, 15) is 0 Å². The molecule has 0 spiro atoms. The van der Waals surface area contributed by atoms with Crippen LogP contribution in [0.1, 0.15) is 43.6 Å². The van der Waals surface area contributed by atoms with Crippen molar-refractivity contribution in [2.45, 2.75) is 39.4 Å². The Bertz CT molecular complexity index is 372. The van der Waals surface area contributed by atoms with Gasteiger partial charge in [-0.05, 0) is 29.2 Å². The third-order valence-corrected chi connectivity index (χ3v) is 5.88. The van der Waals surface area contributed by atoms with E-state index in [1.807, 2.05) is 0 Å². The van der Waals surface area contributed by atoms with Crippen molar-refractivity contribution in [3.63, 3.8) is 0 Å².